The van der Waals surface area contributed by atoms with E-state index in [1.165, 1.54) is 42.8 Å². The minimum Gasteiger partial charge on any atom is -0.484 e. The van der Waals surface area contributed by atoms with Crippen LogP contribution in [0.4, 0.5) is 11.4 Å². The number of ether oxygens (including phenoxy) is 1. The van der Waals surface area contributed by atoms with Gasteiger partial charge in [0, 0.05) is 44.5 Å². The highest BCUT2D eigenvalue weighted by molar-refractivity contribution is 5.77. The van der Waals surface area contributed by atoms with Crippen LogP contribution in [-0.4, -0.2) is 42.5 Å². The molecule has 0 spiro atoms. The van der Waals surface area contributed by atoms with Crippen LogP contribution < -0.4 is 9.64 Å². The quantitative estimate of drug-likeness (QED) is 0.553. The maximum absolute atomic E-state index is 12.4. The van der Waals surface area contributed by atoms with Crippen LogP contribution in [0.5, 0.6) is 5.75 Å². The first kappa shape index (κ1) is 18.7. The number of benzene rings is 2. The molecule has 0 N–H and O–H groups in total. The van der Waals surface area contributed by atoms with E-state index in [1.807, 2.05) is 12.1 Å². The van der Waals surface area contributed by atoms with Crippen LogP contribution in [0.25, 0.3) is 0 Å². The van der Waals surface area contributed by atoms with Crippen LogP contribution in [0.2, 0.25) is 0 Å². The second-order valence-corrected chi connectivity index (χ2v) is 6.61. The van der Waals surface area contributed by atoms with Gasteiger partial charge in [0.2, 0.25) is 0 Å². The van der Waals surface area contributed by atoms with Gasteiger partial charge in [-0.05, 0) is 36.6 Å². The van der Waals surface area contributed by atoms with Crippen LogP contribution >= 0.6 is 0 Å². The zero-order valence-electron chi connectivity index (χ0n) is 15.3. The molecule has 0 atom stereocenters. The van der Waals surface area contributed by atoms with Gasteiger partial charge in [-0.3, -0.25) is 14.9 Å². The number of hydrogen-bond acceptors (Lipinski definition) is 5. The summed E-state index contributed by atoms with van der Waals surface area (Å²) in [6.07, 6.45) is 2.40. The second kappa shape index (κ2) is 8.53. The van der Waals surface area contributed by atoms with Crippen molar-refractivity contribution in [3.63, 3.8) is 0 Å². The lowest BCUT2D eigenvalue weighted by molar-refractivity contribution is -0.384. The Morgan fingerprint density at radius 1 is 1.15 bits per heavy atom. The molecule has 1 heterocycles. The van der Waals surface area contributed by atoms with Crippen molar-refractivity contribution in [3.8, 4) is 5.75 Å². The van der Waals surface area contributed by atoms with Gasteiger partial charge in [0.25, 0.3) is 11.6 Å². The van der Waals surface area contributed by atoms with Crippen molar-refractivity contribution in [1.29, 1.82) is 0 Å². The van der Waals surface area contributed by atoms with E-state index < -0.39 is 4.92 Å². The zero-order chi connectivity index (χ0) is 19.2. The number of rotatable bonds is 7. The molecular weight excluding hydrogens is 346 g/mol. The fourth-order valence-corrected chi connectivity index (χ4v) is 3.17. The predicted octanol–water partition coefficient (Wildman–Crippen LogP) is 3.23. The summed E-state index contributed by atoms with van der Waals surface area (Å²) in [7, 11) is 1.75. The van der Waals surface area contributed by atoms with E-state index in [0.717, 1.165) is 18.7 Å². The topological polar surface area (TPSA) is 75.9 Å². The van der Waals surface area contributed by atoms with Crippen LogP contribution in [0, 0.1) is 10.1 Å². The van der Waals surface area contributed by atoms with Crippen molar-refractivity contribution >= 4 is 17.3 Å². The summed E-state index contributed by atoms with van der Waals surface area (Å²) in [4.78, 5) is 26.6. The SMILES string of the molecule is CN(Cc1ccccc1N1CCCC1)C(=O)COc1ccc([N+](=O)[O-])cc1. The van der Waals surface area contributed by atoms with Crippen LogP contribution in [0.3, 0.4) is 0 Å². The predicted molar refractivity (Wildman–Crippen MR) is 103 cm³/mol. The number of carbonyl (C=O) groups excluding carboxylic acids is 1. The second-order valence-electron chi connectivity index (χ2n) is 6.61. The fourth-order valence-electron chi connectivity index (χ4n) is 3.17. The Balaban J connectivity index is 1.57. The Kier molecular flexibility index (Phi) is 5.90. The molecule has 2 aromatic rings. The first-order valence-corrected chi connectivity index (χ1v) is 8.98. The van der Waals surface area contributed by atoms with E-state index in [9.17, 15) is 14.9 Å². The smallest absolute Gasteiger partial charge is 0.269 e. The third-order valence-electron chi connectivity index (χ3n) is 4.68. The van der Waals surface area contributed by atoms with Gasteiger partial charge in [-0.2, -0.15) is 0 Å². The minimum atomic E-state index is -0.472. The van der Waals surface area contributed by atoms with Crippen LogP contribution in [-0.2, 0) is 11.3 Å². The number of nitrogens with zero attached hydrogens (tertiary/aromatic N) is 3. The molecule has 2 aromatic carbocycles. The Labute approximate surface area is 158 Å². The number of carbonyl (C=O) groups is 1. The lowest BCUT2D eigenvalue weighted by Gasteiger charge is -2.24. The Hall–Kier alpha value is -3.09. The van der Waals surface area contributed by atoms with E-state index in [-0.39, 0.29) is 18.2 Å². The van der Waals surface area contributed by atoms with Gasteiger partial charge in [-0.15, -0.1) is 0 Å². The van der Waals surface area contributed by atoms with E-state index in [0.29, 0.717) is 12.3 Å². The molecule has 3 rings (SSSR count). The summed E-state index contributed by atoms with van der Waals surface area (Å²) < 4.78 is 5.47. The molecule has 0 saturated carbocycles. The monoisotopic (exact) mass is 369 g/mol. The summed E-state index contributed by atoms with van der Waals surface area (Å²) in [5.74, 6) is 0.282. The van der Waals surface area contributed by atoms with Crippen molar-refractivity contribution in [2.75, 3.05) is 31.6 Å². The minimum absolute atomic E-state index is 0.00989. The normalized spacial score (nSPS) is 13.4. The number of anilines is 1. The molecule has 1 saturated heterocycles. The molecule has 0 aliphatic carbocycles. The summed E-state index contributed by atoms with van der Waals surface area (Å²) in [6, 6.07) is 13.9. The van der Waals surface area contributed by atoms with Gasteiger partial charge in [0.05, 0.1) is 4.92 Å². The molecule has 0 aromatic heterocycles. The molecular formula is C20H23N3O4. The molecule has 142 valence electrons. The first-order chi connectivity index (χ1) is 13.0. The first-order valence-electron chi connectivity index (χ1n) is 8.98. The molecule has 27 heavy (non-hydrogen) atoms. The number of para-hydroxylation sites is 1. The molecule has 0 bridgehead atoms. The number of likely N-dealkylation sites (N-methyl/N-ethyl adjacent to an activating group) is 1. The van der Waals surface area contributed by atoms with E-state index in [2.05, 4.69) is 17.0 Å². The maximum Gasteiger partial charge on any atom is 0.269 e. The lowest BCUT2D eigenvalue weighted by atomic mass is 10.1. The summed E-state index contributed by atoms with van der Waals surface area (Å²) in [5, 5.41) is 10.7. The summed E-state index contributed by atoms with van der Waals surface area (Å²) >= 11 is 0. The number of amides is 1. The molecule has 0 radical (unpaired) electrons. The molecule has 0 unspecified atom stereocenters. The van der Waals surface area contributed by atoms with Crippen molar-refractivity contribution in [2.45, 2.75) is 19.4 Å². The Morgan fingerprint density at radius 3 is 2.48 bits per heavy atom. The van der Waals surface area contributed by atoms with E-state index >= 15 is 0 Å². The molecule has 1 amide bonds. The molecule has 1 aliphatic rings. The lowest BCUT2D eigenvalue weighted by Crippen LogP contribution is -2.31. The number of hydrogen-bond donors (Lipinski definition) is 0. The average Bonchev–Trinajstić information content (AvgIpc) is 3.21. The van der Waals surface area contributed by atoms with Crippen LogP contribution in [0.15, 0.2) is 48.5 Å². The van der Waals surface area contributed by atoms with Gasteiger partial charge in [0.1, 0.15) is 5.75 Å². The fraction of sp³-hybridized carbons (Fsp3) is 0.350. The molecule has 7 nitrogen and oxygen atoms in total. The molecule has 1 aliphatic heterocycles. The number of nitro groups is 1. The largest absolute Gasteiger partial charge is 0.484 e. The highest BCUT2D eigenvalue weighted by atomic mass is 16.6. The number of nitro benzene ring substituents is 1. The average molecular weight is 369 g/mol. The third kappa shape index (κ3) is 4.75. The zero-order valence-corrected chi connectivity index (χ0v) is 15.3. The highest BCUT2D eigenvalue weighted by Gasteiger charge is 2.18. The van der Waals surface area contributed by atoms with Crippen molar-refractivity contribution < 1.29 is 14.5 Å². The summed E-state index contributed by atoms with van der Waals surface area (Å²) in [6.45, 7) is 2.51. The van der Waals surface area contributed by atoms with E-state index in [1.54, 1.807) is 11.9 Å². The third-order valence-corrected chi connectivity index (χ3v) is 4.68. The Morgan fingerprint density at radius 2 is 1.81 bits per heavy atom. The number of non-ortho nitro benzene ring substituents is 1. The molecule has 1 fully saturated rings. The van der Waals surface area contributed by atoms with Crippen molar-refractivity contribution in [3.05, 3.63) is 64.2 Å². The van der Waals surface area contributed by atoms with Crippen LogP contribution in [0.1, 0.15) is 18.4 Å². The Bertz CT molecular complexity index is 801. The van der Waals surface area contributed by atoms with Gasteiger partial charge in [-0.1, -0.05) is 18.2 Å². The van der Waals surface area contributed by atoms with Crippen molar-refractivity contribution in [2.24, 2.45) is 0 Å². The van der Waals surface area contributed by atoms with Gasteiger partial charge < -0.3 is 14.5 Å². The molecule has 7 heteroatoms. The van der Waals surface area contributed by atoms with Gasteiger partial charge in [0.15, 0.2) is 6.61 Å². The maximum atomic E-state index is 12.4. The van der Waals surface area contributed by atoms with Crippen molar-refractivity contribution in [1.82, 2.24) is 4.90 Å². The van der Waals surface area contributed by atoms with E-state index in [4.69, 9.17) is 4.74 Å². The van der Waals surface area contributed by atoms with Gasteiger partial charge >= 0.3 is 0 Å². The summed E-state index contributed by atoms with van der Waals surface area (Å²) in [5.41, 5.74) is 2.29. The highest BCUT2D eigenvalue weighted by Crippen LogP contribution is 2.25. The van der Waals surface area contributed by atoms with Gasteiger partial charge in [-0.25, -0.2) is 0 Å². The standard InChI is InChI=1S/C20H23N3O4/c1-21(14-16-6-2-3-7-19(16)22-12-4-5-13-22)20(24)15-27-18-10-8-17(9-11-18)23(25)26/h2-3,6-11H,4-5,12-15H2,1H3.